The molecule has 2 aromatic carbocycles. The van der Waals surface area contributed by atoms with Gasteiger partial charge >= 0.3 is 0 Å². The van der Waals surface area contributed by atoms with Gasteiger partial charge in [0, 0.05) is 17.0 Å². The minimum atomic E-state index is -0.461. The predicted octanol–water partition coefficient (Wildman–Crippen LogP) is 3.53. The maximum absolute atomic E-state index is 13.1. The van der Waals surface area contributed by atoms with Crippen LogP contribution in [0.4, 0.5) is 8.78 Å². The fraction of sp³-hybridized carbons (Fsp3) is 0.188. The number of rotatable bonds is 4. The van der Waals surface area contributed by atoms with Gasteiger partial charge in [0.25, 0.3) is 5.91 Å². The lowest BCUT2D eigenvalue weighted by atomic mass is 10.1. The van der Waals surface area contributed by atoms with Gasteiger partial charge < -0.3 is 5.32 Å². The van der Waals surface area contributed by atoms with E-state index in [1.807, 2.05) is 6.92 Å². The Balaban J connectivity index is 1.93. The van der Waals surface area contributed by atoms with Gasteiger partial charge in [-0.1, -0.05) is 6.07 Å². The maximum atomic E-state index is 13.1. The number of nitrogens with one attached hydrogen (secondary N) is 1. The summed E-state index contributed by atoms with van der Waals surface area (Å²) < 4.78 is 26.1. The molecule has 0 spiro atoms. The van der Waals surface area contributed by atoms with Crippen molar-refractivity contribution in [3.63, 3.8) is 0 Å². The van der Waals surface area contributed by atoms with Crippen LogP contribution in [-0.2, 0) is 6.42 Å². The van der Waals surface area contributed by atoms with E-state index in [1.54, 1.807) is 6.07 Å². The smallest absolute Gasteiger partial charge is 0.251 e. The third-order valence-electron chi connectivity index (χ3n) is 3.19. The first kappa shape index (κ1) is 15.5. The number of aryl methyl sites for hydroxylation is 1. The third-order valence-corrected chi connectivity index (χ3v) is 3.54. The summed E-state index contributed by atoms with van der Waals surface area (Å²) in [6.45, 7) is 2.25. The van der Waals surface area contributed by atoms with Crippen LogP contribution in [0, 0.1) is 18.6 Å². The standard InChI is InChI=1S/C16H15F2NOS/c1-10-8-13(17)4-2-11(10)6-7-19-16(20)12-3-5-14(18)15(21)9-12/h2-5,8-9,21H,6-7H2,1H3,(H,19,20). The third kappa shape index (κ3) is 4.04. The maximum Gasteiger partial charge on any atom is 0.251 e. The topological polar surface area (TPSA) is 29.1 Å². The largest absolute Gasteiger partial charge is 0.352 e. The Bertz CT molecular complexity index is 673. The van der Waals surface area contributed by atoms with Gasteiger partial charge in [0.15, 0.2) is 0 Å². The van der Waals surface area contributed by atoms with Crippen LogP contribution in [0.5, 0.6) is 0 Å². The van der Waals surface area contributed by atoms with E-state index in [1.165, 1.54) is 30.3 Å². The lowest BCUT2D eigenvalue weighted by Gasteiger charge is -2.08. The second-order valence-corrected chi connectivity index (χ2v) is 5.22. The summed E-state index contributed by atoms with van der Waals surface area (Å²) in [5.74, 6) is -1.02. The first-order valence-electron chi connectivity index (χ1n) is 6.49. The molecule has 0 aromatic heterocycles. The van der Waals surface area contributed by atoms with E-state index in [0.717, 1.165) is 11.1 Å². The molecular weight excluding hydrogens is 292 g/mol. The summed E-state index contributed by atoms with van der Waals surface area (Å²) >= 11 is 3.94. The number of amides is 1. The number of halogens is 2. The van der Waals surface area contributed by atoms with Crippen molar-refractivity contribution in [2.75, 3.05) is 6.54 Å². The van der Waals surface area contributed by atoms with Crippen LogP contribution in [0.25, 0.3) is 0 Å². The van der Waals surface area contributed by atoms with E-state index < -0.39 is 5.82 Å². The Kier molecular flexibility index (Phi) is 4.96. The molecule has 0 unspecified atom stereocenters. The van der Waals surface area contributed by atoms with Gasteiger partial charge in [0.05, 0.1) is 0 Å². The van der Waals surface area contributed by atoms with Crippen LogP contribution in [0.2, 0.25) is 0 Å². The molecule has 1 N–H and O–H groups in total. The van der Waals surface area contributed by atoms with Crippen molar-refractivity contribution in [3.8, 4) is 0 Å². The van der Waals surface area contributed by atoms with Gasteiger partial charge in [-0.05, 0) is 54.8 Å². The Morgan fingerprint density at radius 1 is 1.19 bits per heavy atom. The van der Waals surface area contributed by atoms with Crippen LogP contribution in [0.15, 0.2) is 41.3 Å². The molecule has 0 saturated heterocycles. The molecule has 0 heterocycles. The zero-order valence-electron chi connectivity index (χ0n) is 11.5. The minimum absolute atomic E-state index is 0.136. The molecule has 0 aliphatic rings. The summed E-state index contributed by atoms with van der Waals surface area (Å²) in [5.41, 5.74) is 2.19. The molecule has 0 radical (unpaired) electrons. The Morgan fingerprint density at radius 2 is 1.95 bits per heavy atom. The average Bonchev–Trinajstić information content (AvgIpc) is 2.44. The molecule has 1 amide bonds. The zero-order chi connectivity index (χ0) is 15.4. The molecule has 2 aromatic rings. The van der Waals surface area contributed by atoms with E-state index >= 15 is 0 Å². The van der Waals surface area contributed by atoms with E-state index in [0.29, 0.717) is 18.5 Å². The Labute approximate surface area is 127 Å². The Hall–Kier alpha value is -1.88. The first-order chi connectivity index (χ1) is 9.97. The van der Waals surface area contributed by atoms with E-state index in [-0.39, 0.29) is 16.6 Å². The van der Waals surface area contributed by atoms with Crippen molar-refractivity contribution in [1.29, 1.82) is 0 Å². The second-order valence-electron chi connectivity index (χ2n) is 4.74. The molecule has 0 bridgehead atoms. The van der Waals surface area contributed by atoms with Gasteiger partial charge in [-0.2, -0.15) is 0 Å². The summed E-state index contributed by atoms with van der Waals surface area (Å²) in [4.78, 5) is 12.0. The van der Waals surface area contributed by atoms with Gasteiger partial charge in [-0.25, -0.2) is 8.78 Å². The molecule has 5 heteroatoms. The number of thiol groups is 1. The van der Waals surface area contributed by atoms with Crippen molar-refractivity contribution >= 4 is 18.5 Å². The highest BCUT2D eigenvalue weighted by Gasteiger charge is 2.08. The number of carbonyl (C=O) groups excluding carboxylic acids is 1. The number of carbonyl (C=O) groups is 1. The second kappa shape index (κ2) is 6.72. The quantitative estimate of drug-likeness (QED) is 0.831. The van der Waals surface area contributed by atoms with Crippen molar-refractivity contribution in [2.45, 2.75) is 18.2 Å². The molecule has 0 aliphatic carbocycles. The van der Waals surface area contributed by atoms with Crippen molar-refractivity contribution < 1.29 is 13.6 Å². The van der Waals surface area contributed by atoms with E-state index in [9.17, 15) is 13.6 Å². The molecule has 2 nitrogen and oxygen atoms in total. The van der Waals surface area contributed by atoms with Crippen LogP contribution < -0.4 is 5.32 Å². The lowest BCUT2D eigenvalue weighted by molar-refractivity contribution is 0.0954. The van der Waals surface area contributed by atoms with E-state index in [4.69, 9.17) is 0 Å². The SMILES string of the molecule is Cc1cc(F)ccc1CCNC(=O)c1ccc(F)c(S)c1. The van der Waals surface area contributed by atoms with Crippen molar-refractivity contribution in [3.05, 3.63) is 64.7 Å². The fourth-order valence-corrected chi connectivity index (χ4v) is 2.22. The summed E-state index contributed by atoms with van der Waals surface area (Å²) in [6, 6.07) is 8.58. The van der Waals surface area contributed by atoms with Crippen LogP contribution >= 0.6 is 12.6 Å². The molecule has 0 aliphatic heterocycles. The van der Waals surface area contributed by atoms with Gasteiger partial charge in [-0.3, -0.25) is 4.79 Å². The Morgan fingerprint density at radius 3 is 2.62 bits per heavy atom. The highest BCUT2D eigenvalue weighted by molar-refractivity contribution is 7.80. The molecule has 110 valence electrons. The number of hydrogen-bond donors (Lipinski definition) is 2. The predicted molar refractivity (Wildman–Crippen MR) is 80.8 cm³/mol. The highest BCUT2D eigenvalue weighted by Crippen LogP contribution is 2.14. The monoisotopic (exact) mass is 307 g/mol. The molecule has 2 rings (SSSR count). The lowest BCUT2D eigenvalue weighted by Crippen LogP contribution is -2.25. The molecule has 0 fully saturated rings. The van der Waals surface area contributed by atoms with Gasteiger partial charge in [0.2, 0.25) is 0 Å². The summed E-state index contributed by atoms with van der Waals surface area (Å²) in [6.07, 6.45) is 0.604. The highest BCUT2D eigenvalue weighted by atomic mass is 32.1. The molecule has 21 heavy (non-hydrogen) atoms. The normalized spacial score (nSPS) is 10.5. The van der Waals surface area contributed by atoms with Crippen LogP contribution in [-0.4, -0.2) is 12.5 Å². The zero-order valence-corrected chi connectivity index (χ0v) is 12.4. The van der Waals surface area contributed by atoms with Gasteiger partial charge in [-0.15, -0.1) is 12.6 Å². The molecule has 0 atom stereocenters. The van der Waals surface area contributed by atoms with Crippen LogP contribution in [0.1, 0.15) is 21.5 Å². The average molecular weight is 307 g/mol. The number of hydrogen-bond acceptors (Lipinski definition) is 2. The minimum Gasteiger partial charge on any atom is -0.352 e. The van der Waals surface area contributed by atoms with Gasteiger partial charge in [0.1, 0.15) is 11.6 Å². The first-order valence-corrected chi connectivity index (χ1v) is 6.94. The molecule has 0 saturated carbocycles. The fourth-order valence-electron chi connectivity index (χ4n) is 2.01. The van der Waals surface area contributed by atoms with E-state index in [2.05, 4.69) is 17.9 Å². The summed E-state index contributed by atoms with van der Waals surface area (Å²) in [7, 11) is 0. The summed E-state index contributed by atoms with van der Waals surface area (Å²) in [5, 5.41) is 2.75. The van der Waals surface area contributed by atoms with Crippen LogP contribution in [0.3, 0.4) is 0 Å². The number of benzene rings is 2. The van der Waals surface area contributed by atoms with Crippen molar-refractivity contribution in [1.82, 2.24) is 5.32 Å². The van der Waals surface area contributed by atoms with Crippen molar-refractivity contribution in [2.24, 2.45) is 0 Å². The molecular formula is C16H15F2NOS.